The van der Waals surface area contributed by atoms with Gasteiger partial charge in [-0.15, -0.1) is 0 Å². The first-order valence-electron chi connectivity index (χ1n) is 8.10. The van der Waals surface area contributed by atoms with Crippen LogP contribution >= 0.6 is 0 Å². The quantitative estimate of drug-likeness (QED) is 0.811. The zero-order valence-electron chi connectivity index (χ0n) is 13.9. The van der Waals surface area contributed by atoms with E-state index in [1.54, 1.807) is 26.4 Å². The van der Waals surface area contributed by atoms with Gasteiger partial charge in [0.05, 0.1) is 19.8 Å². The van der Waals surface area contributed by atoms with Gasteiger partial charge in [-0.05, 0) is 6.42 Å². The molecule has 22 heavy (non-hydrogen) atoms. The van der Waals surface area contributed by atoms with Gasteiger partial charge in [0.2, 0.25) is 0 Å². The summed E-state index contributed by atoms with van der Waals surface area (Å²) in [4.78, 5) is 2.49. The smallest absolute Gasteiger partial charge is 0.131 e. The highest BCUT2D eigenvalue weighted by molar-refractivity contribution is 5.52. The minimum atomic E-state index is 0.173. The number of hydrogen-bond donors (Lipinski definition) is 2. The molecule has 0 spiro atoms. The SMILES string of the molecule is CCCC[C@H](c1c(OC)cc(O)cc1OC)N1CCNCC1. The second-order valence-electron chi connectivity index (χ2n) is 5.71. The lowest BCUT2D eigenvalue weighted by Crippen LogP contribution is -2.45. The van der Waals surface area contributed by atoms with Gasteiger partial charge in [-0.3, -0.25) is 4.90 Å². The molecule has 1 aromatic carbocycles. The molecule has 1 heterocycles. The molecule has 0 radical (unpaired) electrons. The zero-order chi connectivity index (χ0) is 15.9. The average Bonchev–Trinajstić information content (AvgIpc) is 2.56. The molecule has 0 aliphatic carbocycles. The normalized spacial score (nSPS) is 17.2. The van der Waals surface area contributed by atoms with Crippen molar-refractivity contribution >= 4 is 0 Å². The van der Waals surface area contributed by atoms with E-state index in [0.29, 0.717) is 11.5 Å². The van der Waals surface area contributed by atoms with E-state index >= 15 is 0 Å². The first-order valence-corrected chi connectivity index (χ1v) is 8.10. The van der Waals surface area contributed by atoms with E-state index < -0.39 is 0 Å². The number of rotatable bonds is 7. The number of methoxy groups -OCH3 is 2. The van der Waals surface area contributed by atoms with E-state index in [2.05, 4.69) is 17.1 Å². The third-order valence-corrected chi connectivity index (χ3v) is 4.29. The van der Waals surface area contributed by atoms with Gasteiger partial charge in [-0.2, -0.15) is 0 Å². The number of unbranched alkanes of at least 4 members (excludes halogenated alkanes) is 1. The number of benzene rings is 1. The van der Waals surface area contributed by atoms with Crippen molar-refractivity contribution in [1.29, 1.82) is 0 Å². The minimum absolute atomic E-state index is 0.173. The van der Waals surface area contributed by atoms with Crippen LogP contribution in [-0.4, -0.2) is 50.4 Å². The monoisotopic (exact) mass is 308 g/mol. The van der Waals surface area contributed by atoms with E-state index in [1.165, 1.54) is 0 Å². The van der Waals surface area contributed by atoms with Crippen molar-refractivity contribution < 1.29 is 14.6 Å². The summed E-state index contributed by atoms with van der Waals surface area (Å²) >= 11 is 0. The fourth-order valence-electron chi connectivity index (χ4n) is 3.15. The third kappa shape index (κ3) is 3.84. The molecule has 1 aromatic rings. The summed E-state index contributed by atoms with van der Waals surface area (Å²) in [6.45, 7) is 6.25. The zero-order valence-corrected chi connectivity index (χ0v) is 13.9. The van der Waals surface area contributed by atoms with E-state index in [0.717, 1.165) is 51.0 Å². The summed E-state index contributed by atoms with van der Waals surface area (Å²) in [6.07, 6.45) is 3.38. The largest absolute Gasteiger partial charge is 0.508 e. The number of aromatic hydroxyl groups is 1. The topological polar surface area (TPSA) is 54.0 Å². The fraction of sp³-hybridized carbons (Fsp3) is 0.647. The summed E-state index contributed by atoms with van der Waals surface area (Å²) in [7, 11) is 3.29. The van der Waals surface area contributed by atoms with Gasteiger partial charge in [-0.25, -0.2) is 0 Å². The Bertz CT molecular complexity index is 448. The van der Waals surface area contributed by atoms with Crippen LogP contribution in [0.4, 0.5) is 0 Å². The van der Waals surface area contributed by atoms with Crippen LogP contribution in [0.3, 0.4) is 0 Å². The number of phenolic OH excluding ortho intramolecular Hbond substituents is 1. The summed E-state index contributed by atoms with van der Waals surface area (Å²) in [5.74, 6) is 1.58. The molecule has 0 unspecified atom stereocenters. The molecule has 2 rings (SSSR count). The Morgan fingerprint density at radius 2 is 1.77 bits per heavy atom. The Hall–Kier alpha value is -1.46. The maximum atomic E-state index is 9.87. The Morgan fingerprint density at radius 1 is 1.18 bits per heavy atom. The molecule has 5 nitrogen and oxygen atoms in total. The van der Waals surface area contributed by atoms with Gasteiger partial charge in [0, 0.05) is 44.4 Å². The Labute approximate surface area is 133 Å². The molecule has 1 saturated heterocycles. The van der Waals surface area contributed by atoms with Crippen molar-refractivity contribution in [1.82, 2.24) is 10.2 Å². The van der Waals surface area contributed by atoms with E-state index in [-0.39, 0.29) is 11.8 Å². The molecule has 0 aromatic heterocycles. The van der Waals surface area contributed by atoms with Crippen LogP contribution in [0.5, 0.6) is 17.2 Å². The van der Waals surface area contributed by atoms with E-state index in [4.69, 9.17) is 9.47 Å². The van der Waals surface area contributed by atoms with E-state index in [1.807, 2.05) is 0 Å². The van der Waals surface area contributed by atoms with Crippen LogP contribution in [0.1, 0.15) is 37.8 Å². The second-order valence-corrected chi connectivity index (χ2v) is 5.71. The fourth-order valence-corrected chi connectivity index (χ4v) is 3.15. The Balaban J connectivity index is 2.40. The lowest BCUT2D eigenvalue weighted by Gasteiger charge is -2.36. The number of ether oxygens (including phenoxy) is 2. The molecule has 0 amide bonds. The number of nitrogens with one attached hydrogen (secondary N) is 1. The molecule has 1 aliphatic rings. The van der Waals surface area contributed by atoms with Crippen LogP contribution in [0.2, 0.25) is 0 Å². The van der Waals surface area contributed by atoms with Crippen LogP contribution in [0.25, 0.3) is 0 Å². The first kappa shape index (κ1) is 16.9. The maximum absolute atomic E-state index is 9.87. The van der Waals surface area contributed by atoms with Crippen LogP contribution in [-0.2, 0) is 0 Å². The van der Waals surface area contributed by atoms with Gasteiger partial charge in [0.15, 0.2) is 0 Å². The molecule has 0 bridgehead atoms. The number of hydrogen-bond acceptors (Lipinski definition) is 5. The van der Waals surface area contributed by atoms with Crippen LogP contribution in [0, 0.1) is 0 Å². The van der Waals surface area contributed by atoms with Crippen molar-refractivity contribution in [2.45, 2.75) is 32.2 Å². The molecule has 5 heteroatoms. The minimum Gasteiger partial charge on any atom is -0.508 e. The summed E-state index contributed by atoms with van der Waals surface area (Å²) in [5.41, 5.74) is 1.05. The van der Waals surface area contributed by atoms with Crippen molar-refractivity contribution in [2.24, 2.45) is 0 Å². The van der Waals surface area contributed by atoms with Crippen molar-refractivity contribution in [2.75, 3.05) is 40.4 Å². The standard InChI is InChI=1S/C17H28N2O3/c1-4-5-6-14(19-9-7-18-8-10-19)17-15(21-2)11-13(20)12-16(17)22-3/h11-12,14,18,20H,4-10H2,1-3H3/t14-/m1/s1. The molecule has 1 fully saturated rings. The number of phenols is 1. The number of nitrogens with zero attached hydrogens (tertiary/aromatic N) is 1. The Kier molecular flexibility index (Phi) is 6.34. The molecule has 2 N–H and O–H groups in total. The molecule has 1 atom stereocenters. The van der Waals surface area contributed by atoms with Crippen molar-refractivity contribution in [3.8, 4) is 17.2 Å². The summed E-state index contributed by atoms with van der Waals surface area (Å²) in [6, 6.07) is 3.62. The summed E-state index contributed by atoms with van der Waals surface area (Å²) < 4.78 is 11.1. The molecule has 124 valence electrons. The predicted octanol–water partition coefficient (Wildman–Crippen LogP) is 2.55. The van der Waals surface area contributed by atoms with Gasteiger partial charge in [-0.1, -0.05) is 19.8 Å². The third-order valence-electron chi connectivity index (χ3n) is 4.29. The number of piperazine rings is 1. The van der Waals surface area contributed by atoms with Crippen LogP contribution in [0.15, 0.2) is 12.1 Å². The molecule has 0 saturated carbocycles. The highest BCUT2D eigenvalue weighted by Crippen LogP contribution is 2.42. The summed E-state index contributed by atoms with van der Waals surface area (Å²) in [5, 5.41) is 13.3. The molecule has 1 aliphatic heterocycles. The van der Waals surface area contributed by atoms with Crippen molar-refractivity contribution in [3.05, 3.63) is 17.7 Å². The van der Waals surface area contributed by atoms with Gasteiger partial charge in [0.1, 0.15) is 17.2 Å². The Morgan fingerprint density at radius 3 is 2.27 bits per heavy atom. The average molecular weight is 308 g/mol. The van der Waals surface area contributed by atoms with Gasteiger partial charge < -0.3 is 19.9 Å². The van der Waals surface area contributed by atoms with E-state index in [9.17, 15) is 5.11 Å². The molecular formula is C17H28N2O3. The predicted molar refractivity (Wildman–Crippen MR) is 87.9 cm³/mol. The highest BCUT2D eigenvalue weighted by atomic mass is 16.5. The van der Waals surface area contributed by atoms with Crippen LogP contribution < -0.4 is 14.8 Å². The lowest BCUT2D eigenvalue weighted by atomic mass is 9.96. The highest BCUT2D eigenvalue weighted by Gasteiger charge is 2.28. The molecular weight excluding hydrogens is 280 g/mol. The van der Waals surface area contributed by atoms with Gasteiger partial charge in [0.25, 0.3) is 0 Å². The lowest BCUT2D eigenvalue weighted by molar-refractivity contribution is 0.157. The van der Waals surface area contributed by atoms with Crippen molar-refractivity contribution in [3.63, 3.8) is 0 Å². The maximum Gasteiger partial charge on any atom is 0.131 e. The first-order chi connectivity index (χ1) is 10.7. The van der Waals surface area contributed by atoms with Gasteiger partial charge >= 0.3 is 0 Å². The second kappa shape index (κ2) is 8.25.